The molecule has 2 aromatic rings. The molecule has 0 aliphatic carbocycles. The number of hydrogen-bond donors (Lipinski definition) is 0. The molecule has 0 saturated carbocycles. The van der Waals surface area contributed by atoms with E-state index in [1.54, 1.807) is 6.07 Å². The highest BCUT2D eigenvalue weighted by Gasteiger charge is 2.34. The summed E-state index contributed by atoms with van der Waals surface area (Å²) < 4.78 is 38.9. The van der Waals surface area contributed by atoms with E-state index in [0.717, 1.165) is 24.2 Å². The third-order valence-corrected chi connectivity index (χ3v) is 10.9. The number of hydrogen-bond acceptors (Lipinski definition) is 3. The van der Waals surface area contributed by atoms with E-state index < -0.39 is 20.0 Å². The Morgan fingerprint density at radius 2 is 1.60 bits per heavy atom. The average molecular weight is 476 g/mol. The van der Waals surface area contributed by atoms with Crippen LogP contribution >= 0.6 is 23.2 Å². The van der Waals surface area contributed by atoms with Crippen molar-refractivity contribution in [3.05, 3.63) is 57.2 Å². The quantitative estimate of drug-likeness (QED) is 0.245. The zero-order valence-electron chi connectivity index (χ0n) is 17.9. The van der Waals surface area contributed by atoms with Crippen molar-refractivity contribution in [2.45, 2.75) is 64.3 Å². The lowest BCUT2D eigenvalue weighted by Crippen LogP contribution is -2.37. The van der Waals surface area contributed by atoms with Crippen LogP contribution in [0.5, 0.6) is 5.88 Å². The first-order valence-corrected chi connectivity index (χ1v) is 13.6. The topological polar surface area (TPSA) is 31.4 Å². The van der Waals surface area contributed by atoms with Gasteiger partial charge in [0.1, 0.15) is 16.8 Å². The summed E-state index contributed by atoms with van der Waals surface area (Å²) in [4.78, 5) is 4.27. The van der Waals surface area contributed by atoms with E-state index in [-0.39, 0.29) is 11.3 Å². The fourth-order valence-electron chi connectivity index (χ4n) is 3.68. The second-order valence-electron chi connectivity index (χ2n) is 7.37. The third kappa shape index (κ3) is 6.39. The lowest BCUT2D eigenvalue weighted by molar-refractivity contribution is 0.176. The predicted octanol–water partition coefficient (Wildman–Crippen LogP) is 7.76. The van der Waals surface area contributed by atoms with Gasteiger partial charge in [0.2, 0.25) is 5.88 Å². The van der Waals surface area contributed by atoms with Crippen LogP contribution in [0.2, 0.25) is 28.3 Å². The molecule has 1 unspecified atom stereocenters. The second kappa shape index (κ2) is 11.4. The molecule has 30 heavy (non-hydrogen) atoms. The summed E-state index contributed by atoms with van der Waals surface area (Å²) in [7, 11) is -0.471. The molecule has 1 aromatic heterocycles. The van der Waals surface area contributed by atoms with Crippen LogP contribution in [-0.2, 0) is 10.8 Å². The number of nitrogens with zero attached hydrogens (tertiary/aromatic N) is 1. The Hall–Kier alpha value is -1.21. The maximum Gasteiger partial charge on any atom is 0.215 e. The van der Waals surface area contributed by atoms with Crippen molar-refractivity contribution in [1.82, 2.24) is 4.98 Å². The Balaban J connectivity index is 2.29. The van der Waals surface area contributed by atoms with Crippen LogP contribution in [0, 0.1) is 11.6 Å². The molecule has 0 spiro atoms. The summed E-state index contributed by atoms with van der Waals surface area (Å²) in [6.07, 6.45) is 1.45. The molecule has 1 heterocycles. The molecule has 1 atom stereocenters. The van der Waals surface area contributed by atoms with Gasteiger partial charge in [-0.1, -0.05) is 44.0 Å². The van der Waals surface area contributed by atoms with Crippen LogP contribution in [0.25, 0.3) is 0 Å². The summed E-state index contributed by atoms with van der Waals surface area (Å²) in [5, 5.41) is 0.701. The summed E-state index contributed by atoms with van der Waals surface area (Å²) in [6, 6.07) is 8.16. The number of aryl methyl sites for hydroxylation is 1. The van der Waals surface area contributed by atoms with Gasteiger partial charge in [-0.3, -0.25) is 0 Å². The monoisotopic (exact) mass is 475 g/mol. The van der Waals surface area contributed by atoms with Gasteiger partial charge in [-0.05, 0) is 55.1 Å². The standard InChI is InChI=1S/C22H29Cl2F2NO2Si/c1-5-30(6-2,7-3)29-19(21-18(23)14-20(28-4)27-22(21)24)10-8-9-15-11-16(25)13-17(26)12-15/h11-14,19H,5-10H2,1-4H3. The maximum absolute atomic E-state index is 13.5. The number of methoxy groups -OCH3 is 1. The number of aromatic nitrogens is 1. The van der Waals surface area contributed by atoms with Gasteiger partial charge in [0.05, 0.1) is 18.2 Å². The Morgan fingerprint density at radius 3 is 2.10 bits per heavy atom. The lowest BCUT2D eigenvalue weighted by Gasteiger charge is -2.34. The molecule has 2 rings (SSSR count). The number of ether oxygens (including phenoxy) is 1. The molecule has 0 bridgehead atoms. The lowest BCUT2D eigenvalue weighted by atomic mass is 10.0. The van der Waals surface area contributed by atoms with Crippen LogP contribution in [0.1, 0.15) is 50.8 Å². The SMILES string of the molecule is CC[Si](CC)(CC)OC(CCCc1cc(F)cc(F)c1)c1c(Cl)cc(OC)nc1Cl. The van der Waals surface area contributed by atoms with Gasteiger partial charge >= 0.3 is 0 Å². The molecule has 0 radical (unpaired) electrons. The normalized spacial score (nSPS) is 12.8. The molecule has 0 aliphatic rings. The van der Waals surface area contributed by atoms with Crippen LogP contribution in [0.4, 0.5) is 8.78 Å². The molecular weight excluding hydrogens is 447 g/mol. The molecule has 0 saturated heterocycles. The highest BCUT2D eigenvalue weighted by Crippen LogP contribution is 2.40. The molecule has 0 fully saturated rings. The fraction of sp³-hybridized carbons (Fsp3) is 0.500. The van der Waals surface area contributed by atoms with Crippen LogP contribution in [-0.4, -0.2) is 20.4 Å². The van der Waals surface area contributed by atoms with Gasteiger partial charge in [0.15, 0.2) is 8.32 Å². The predicted molar refractivity (Wildman–Crippen MR) is 121 cm³/mol. The zero-order chi connectivity index (χ0) is 22.3. The van der Waals surface area contributed by atoms with Gasteiger partial charge < -0.3 is 9.16 Å². The van der Waals surface area contributed by atoms with Gasteiger partial charge in [-0.2, -0.15) is 0 Å². The minimum absolute atomic E-state index is 0.257. The van der Waals surface area contributed by atoms with Crippen molar-refractivity contribution >= 4 is 31.5 Å². The Morgan fingerprint density at radius 1 is 1.00 bits per heavy atom. The zero-order valence-corrected chi connectivity index (χ0v) is 20.4. The minimum Gasteiger partial charge on any atom is -0.481 e. The van der Waals surface area contributed by atoms with Crippen LogP contribution in [0.15, 0.2) is 24.3 Å². The largest absolute Gasteiger partial charge is 0.481 e. The van der Waals surface area contributed by atoms with Crippen LogP contribution in [0.3, 0.4) is 0 Å². The van der Waals surface area contributed by atoms with E-state index in [4.69, 9.17) is 32.4 Å². The van der Waals surface area contributed by atoms with Crippen molar-refractivity contribution in [3.8, 4) is 5.88 Å². The summed E-state index contributed by atoms with van der Waals surface area (Å²) in [6.45, 7) is 6.46. The van der Waals surface area contributed by atoms with Crippen molar-refractivity contribution in [1.29, 1.82) is 0 Å². The Labute approximate surface area is 188 Å². The first kappa shape index (κ1) is 25.1. The minimum atomic E-state index is -1.97. The average Bonchev–Trinajstić information content (AvgIpc) is 2.70. The number of halogens is 4. The molecule has 166 valence electrons. The van der Waals surface area contributed by atoms with Gasteiger partial charge in [0, 0.05) is 17.7 Å². The van der Waals surface area contributed by atoms with E-state index in [0.29, 0.717) is 41.3 Å². The second-order valence-corrected chi connectivity index (χ2v) is 12.9. The first-order chi connectivity index (χ1) is 14.3. The maximum atomic E-state index is 13.5. The Kier molecular flexibility index (Phi) is 9.53. The van der Waals surface area contributed by atoms with Crippen molar-refractivity contribution in [2.24, 2.45) is 0 Å². The third-order valence-electron chi connectivity index (χ3n) is 5.65. The van der Waals surface area contributed by atoms with Gasteiger partial charge in [0.25, 0.3) is 0 Å². The van der Waals surface area contributed by atoms with E-state index in [1.165, 1.54) is 19.2 Å². The first-order valence-electron chi connectivity index (χ1n) is 10.3. The molecule has 0 aliphatic heterocycles. The molecule has 3 nitrogen and oxygen atoms in total. The molecule has 0 N–H and O–H groups in total. The van der Waals surface area contributed by atoms with Crippen molar-refractivity contribution in [3.63, 3.8) is 0 Å². The highest BCUT2D eigenvalue weighted by molar-refractivity contribution is 6.73. The molecule has 8 heteroatoms. The smallest absolute Gasteiger partial charge is 0.215 e. The van der Waals surface area contributed by atoms with Crippen LogP contribution < -0.4 is 4.74 Å². The Bertz CT molecular complexity index is 798. The van der Waals surface area contributed by atoms with E-state index >= 15 is 0 Å². The number of pyridine rings is 1. The van der Waals surface area contributed by atoms with Crippen molar-refractivity contribution < 1.29 is 17.9 Å². The number of rotatable bonds is 11. The van der Waals surface area contributed by atoms with Gasteiger partial charge in [-0.25, -0.2) is 13.8 Å². The van der Waals surface area contributed by atoms with Crippen molar-refractivity contribution in [2.75, 3.05) is 7.11 Å². The van der Waals surface area contributed by atoms with E-state index in [9.17, 15) is 8.78 Å². The summed E-state index contributed by atoms with van der Waals surface area (Å²) in [5.74, 6) is -0.803. The molecule has 0 amide bonds. The van der Waals surface area contributed by atoms with E-state index in [1.807, 2.05) is 0 Å². The summed E-state index contributed by atoms with van der Waals surface area (Å²) in [5.41, 5.74) is 1.26. The van der Waals surface area contributed by atoms with Gasteiger partial charge in [-0.15, -0.1) is 0 Å². The summed E-state index contributed by atoms with van der Waals surface area (Å²) >= 11 is 13.0. The van der Waals surface area contributed by atoms with E-state index in [2.05, 4.69) is 25.8 Å². The number of benzene rings is 1. The fourth-order valence-corrected chi connectivity index (χ4v) is 7.17. The molecular formula is C22H29Cl2F2NO2Si. The molecule has 1 aromatic carbocycles. The highest BCUT2D eigenvalue weighted by atomic mass is 35.5.